The third kappa shape index (κ3) is 4.24. The predicted molar refractivity (Wildman–Crippen MR) is 81.3 cm³/mol. The smallest absolute Gasteiger partial charge is 0.307 e. The number of thioether (sulfide) groups is 1. The van der Waals surface area contributed by atoms with Crippen LogP contribution < -0.4 is 0 Å². The molecule has 0 aliphatic carbocycles. The summed E-state index contributed by atoms with van der Waals surface area (Å²) in [5.74, 6) is -1.43. The summed E-state index contributed by atoms with van der Waals surface area (Å²) in [4.78, 5) is 23.4. The molecule has 1 N–H and O–H groups in total. The van der Waals surface area contributed by atoms with Gasteiger partial charge in [-0.05, 0) is 31.2 Å². The third-order valence-electron chi connectivity index (χ3n) is 3.23. The number of esters is 1. The number of carbonyl (C=O) groups is 2. The normalized spacial score (nSPS) is 11.3. The molecule has 20 heavy (non-hydrogen) atoms. The van der Waals surface area contributed by atoms with E-state index in [9.17, 15) is 9.59 Å². The van der Waals surface area contributed by atoms with Gasteiger partial charge in [-0.1, -0.05) is 13.8 Å². The highest BCUT2D eigenvalue weighted by Gasteiger charge is 2.34. The van der Waals surface area contributed by atoms with Crippen molar-refractivity contribution < 1.29 is 19.4 Å². The molecule has 0 atom stereocenters. The topological polar surface area (TPSA) is 63.6 Å². The van der Waals surface area contributed by atoms with E-state index in [2.05, 4.69) is 0 Å². The van der Waals surface area contributed by atoms with Crippen molar-refractivity contribution in [3.05, 3.63) is 17.0 Å². The van der Waals surface area contributed by atoms with Crippen molar-refractivity contribution in [2.75, 3.05) is 6.26 Å². The van der Waals surface area contributed by atoms with Gasteiger partial charge in [-0.2, -0.15) is 0 Å². The van der Waals surface area contributed by atoms with Gasteiger partial charge in [0.2, 0.25) is 0 Å². The molecule has 0 saturated carbocycles. The lowest BCUT2D eigenvalue weighted by Crippen LogP contribution is -2.30. The zero-order valence-corrected chi connectivity index (χ0v) is 13.6. The lowest BCUT2D eigenvalue weighted by atomic mass is 9.95. The van der Waals surface area contributed by atoms with Gasteiger partial charge >= 0.3 is 11.9 Å². The Bertz CT molecular complexity index is 463. The highest BCUT2D eigenvalue weighted by molar-refractivity contribution is 8.00. The molecule has 0 spiro atoms. The molecule has 0 fully saturated rings. The summed E-state index contributed by atoms with van der Waals surface area (Å²) in [5.41, 5.74) is -0.631. The molecule has 0 unspecified atom stereocenters. The largest absolute Gasteiger partial charge is 0.481 e. The highest BCUT2D eigenvalue weighted by Crippen LogP contribution is 2.40. The number of rotatable bonds is 8. The van der Waals surface area contributed by atoms with Gasteiger partial charge in [0.25, 0.3) is 0 Å². The summed E-state index contributed by atoms with van der Waals surface area (Å²) in [6.45, 7) is 3.96. The molecule has 0 radical (unpaired) electrons. The lowest BCUT2D eigenvalue weighted by molar-refractivity contribution is -0.163. The zero-order chi connectivity index (χ0) is 15.2. The average molecular weight is 316 g/mol. The minimum atomic E-state index is -0.985. The minimum absolute atomic E-state index is 0.0855. The van der Waals surface area contributed by atoms with Crippen LogP contribution in [-0.2, 0) is 19.9 Å². The van der Waals surface area contributed by atoms with E-state index in [1.54, 1.807) is 23.1 Å². The number of hydrogen-bond donors (Lipinski definition) is 1. The number of carboxylic acids is 1. The second kappa shape index (κ2) is 7.69. The third-order valence-corrected chi connectivity index (χ3v) is 5.58. The fourth-order valence-electron chi connectivity index (χ4n) is 1.95. The van der Waals surface area contributed by atoms with E-state index in [1.807, 2.05) is 32.2 Å². The molecular weight excluding hydrogens is 296 g/mol. The Kier molecular flexibility index (Phi) is 6.55. The fraction of sp³-hybridized carbons (Fsp3) is 0.571. The van der Waals surface area contributed by atoms with E-state index in [1.165, 1.54) is 4.21 Å². The first-order valence-corrected chi connectivity index (χ1v) is 8.59. The molecule has 1 heterocycles. The summed E-state index contributed by atoms with van der Waals surface area (Å²) in [6.07, 6.45) is 3.09. The van der Waals surface area contributed by atoms with Gasteiger partial charge in [0.1, 0.15) is 5.60 Å². The van der Waals surface area contributed by atoms with Crippen molar-refractivity contribution in [3.63, 3.8) is 0 Å². The van der Waals surface area contributed by atoms with Gasteiger partial charge in [-0.25, -0.2) is 0 Å². The number of carbonyl (C=O) groups excluding carboxylic acids is 1. The Labute approximate surface area is 127 Å². The van der Waals surface area contributed by atoms with Crippen LogP contribution in [0.4, 0.5) is 0 Å². The van der Waals surface area contributed by atoms with Gasteiger partial charge in [0.05, 0.1) is 17.1 Å². The van der Waals surface area contributed by atoms with Crippen LogP contribution in [0.2, 0.25) is 0 Å². The highest BCUT2D eigenvalue weighted by atomic mass is 32.2. The van der Waals surface area contributed by atoms with Crippen molar-refractivity contribution >= 4 is 35.0 Å². The molecule has 0 saturated heterocycles. The summed E-state index contributed by atoms with van der Waals surface area (Å²) < 4.78 is 6.80. The van der Waals surface area contributed by atoms with Crippen LogP contribution in [0.3, 0.4) is 0 Å². The van der Waals surface area contributed by atoms with Gasteiger partial charge in [-0.3, -0.25) is 9.59 Å². The molecule has 6 heteroatoms. The van der Waals surface area contributed by atoms with Crippen molar-refractivity contribution in [3.8, 4) is 0 Å². The molecule has 4 nitrogen and oxygen atoms in total. The lowest BCUT2D eigenvalue weighted by Gasteiger charge is -2.30. The molecule has 1 aromatic heterocycles. The van der Waals surface area contributed by atoms with E-state index < -0.39 is 17.5 Å². The first-order chi connectivity index (χ1) is 9.47. The molecular formula is C14H20O4S2. The molecule has 0 amide bonds. The second-order valence-corrected chi connectivity index (χ2v) is 6.58. The summed E-state index contributed by atoms with van der Waals surface area (Å²) in [7, 11) is 0. The van der Waals surface area contributed by atoms with Crippen LogP contribution in [0, 0.1) is 0 Å². The van der Waals surface area contributed by atoms with Crippen LogP contribution in [0.5, 0.6) is 0 Å². The molecule has 1 aromatic rings. The minimum Gasteiger partial charge on any atom is -0.481 e. The number of thiophene rings is 1. The Morgan fingerprint density at radius 1 is 1.30 bits per heavy atom. The molecule has 112 valence electrons. The molecule has 0 aliphatic heterocycles. The zero-order valence-electron chi connectivity index (χ0n) is 12.0. The first-order valence-electron chi connectivity index (χ1n) is 6.55. The van der Waals surface area contributed by atoms with Gasteiger partial charge in [-0.15, -0.1) is 23.1 Å². The van der Waals surface area contributed by atoms with Crippen molar-refractivity contribution in [2.24, 2.45) is 0 Å². The molecule has 0 aromatic carbocycles. The number of aliphatic carboxylic acids is 1. The van der Waals surface area contributed by atoms with Crippen LogP contribution in [-0.4, -0.2) is 23.3 Å². The van der Waals surface area contributed by atoms with Crippen molar-refractivity contribution in [1.82, 2.24) is 0 Å². The number of carboxylic acid groups (broad SMARTS) is 1. The summed E-state index contributed by atoms with van der Waals surface area (Å²) >= 11 is 3.28. The Morgan fingerprint density at radius 3 is 2.40 bits per heavy atom. The number of ether oxygens (including phenoxy) is 1. The predicted octanol–water partition coefficient (Wildman–Crippen LogP) is 3.89. The molecule has 0 aliphatic rings. The van der Waals surface area contributed by atoms with E-state index in [4.69, 9.17) is 9.84 Å². The average Bonchev–Trinajstić information content (AvgIpc) is 2.92. The second-order valence-electron chi connectivity index (χ2n) is 4.39. The van der Waals surface area contributed by atoms with Crippen LogP contribution >= 0.6 is 23.1 Å². The van der Waals surface area contributed by atoms with E-state index in [0.29, 0.717) is 12.8 Å². The monoisotopic (exact) mass is 316 g/mol. The van der Waals surface area contributed by atoms with E-state index >= 15 is 0 Å². The summed E-state index contributed by atoms with van der Waals surface area (Å²) in [5, 5.41) is 8.62. The van der Waals surface area contributed by atoms with Gasteiger partial charge in [0, 0.05) is 4.88 Å². The van der Waals surface area contributed by atoms with E-state index in [-0.39, 0.29) is 12.8 Å². The van der Waals surface area contributed by atoms with Gasteiger partial charge in [0.15, 0.2) is 0 Å². The Hall–Kier alpha value is -1.01. The maximum atomic E-state index is 11.8. The van der Waals surface area contributed by atoms with Crippen LogP contribution in [0.25, 0.3) is 0 Å². The summed E-state index contributed by atoms with van der Waals surface area (Å²) in [6, 6.07) is 4.02. The molecule has 0 bridgehead atoms. The van der Waals surface area contributed by atoms with Crippen LogP contribution in [0.1, 0.15) is 44.4 Å². The quantitative estimate of drug-likeness (QED) is 0.582. The van der Waals surface area contributed by atoms with Crippen LogP contribution in [0.15, 0.2) is 16.3 Å². The van der Waals surface area contributed by atoms with Crippen molar-refractivity contribution in [2.45, 2.75) is 49.3 Å². The maximum Gasteiger partial charge on any atom is 0.307 e. The fourth-order valence-corrected chi connectivity index (χ4v) is 3.76. The standard InChI is InChI=1S/C14H20O4S2/c1-4-14(5-2,10-6-9-13(19-3)20-10)18-12(17)8-7-11(15)16/h6,9H,4-5,7-8H2,1-3H3,(H,15,16). The molecule has 1 rings (SSSR count). The SMILES string of the molecule is CCC(CC)(OC(=O)CCC(=O)O)c1ccc(SC)s1. The number of hydrogen-bond acceptors (Lipinski definition) is 5. The Balaban J connectivity index is 2.85. The van der Waals surface area contributed by atoms with Crippen molar-refractivity contribution in [1.29, 1.82) is 0 Å². The first kappa shape index (κ1) is 17.0. The van der Waals surface area contributed by atoms with E-state index in [0.717, 1.165) is 4.88 Å². The van der Waals surface area contributed by atoms with Gasteiger partial charge < -0.3 is 9.84 Å². The Morgan fingerprint density at radius 2 is 1.95 bits per heavy atom. The maximum absolute atomic E-state index is 11.8.